The molecule has 0 unspecified atom stereocenters. The number of esters is 1. The molecule has 14 atom stereocenters. The molecule has 2 N–H and O–H groups in total. The zero-order chi connectivity index (χ0) is 40.4. The number of anilines is 1. The molecule has 14 nitrogen and oxygen atoms in total. The van der Waals surface area contributed by atoms with Gasteiger partial charge in [-0.3, -0.25) is 14.9 Å². The lowest BCUT2D eigenvalue weighted by Crippen LogP contribution is -2.60. The molecule has 1 aromatic carbocycles. The molecule has 54 heavy (non-hydrogen) atoms. The minimum absolute atomic E-state index is 0.0190. The van der Waals surface area contributed by atoms with Crippen molar-refractivity contribution < 1.29 is 66.2 Å². The summed E-state index contributed by atoms with van der Waals surface area (Å²) < 4.78 is 70.4. The van der Waals surface area contributed by atoms with Crippen molar-refractivity contribution in [3.05, 3.63) is 29.8 Å². The van der Waals surface area contributed by atoms with Crippen molar-refractivity contribution in [2.24, 2.45) is 23.7 Å². The number of nitrogens with zero attached hydrogens (tertiary/aromatic N) is 1. The summed E-state index contributed by atoms with van der Waals surface area (Å²) in [6, 6.07) is 2.20. The van der Waals surface area contributed by atoms with Crippen LogP contribution in [0.2, 0.25) is 0 Å². The predicted octanol–water partition coefficient (Wildman–Crippen LogP) is 5.23. The molecule has 1 amide bonds. The average Bonchev–Trinajstić information content (AvgIpc) is 3.42. The number of halogens is 2. The number of hydrogen-bond donors (Lipinski definition) is 2. The number of aliphatic hydroxyl groups is 1. The van der Waals surface area contributed by atoms with E-state index in [9.17, 15) is 33.1 Å². The van der Waals surface area contributed by atoms with Crippen LogP contribution in [-0.2, 0) is 42.7 Å². The number of methoxy groups -OCH3 is 1. The van der Waals surface area contributed by atoms with Crippen LogP contribution in [0.25, 0.3) is 0 Å². The van der Waals surface area contributed by atoms with Gasteiger partial charge in [-0.25, -0.2) is 18.4 Å². The molecule has 3 aliphatic heterocycles. The van der Waals surface area contributed by atoms with Crippen LogP contribution in [0.4, 0.5) is 24.1 Å². The minimum Gasteiger partial charge on any atom is -0.458 e. The van der Waals surface area contributed by atoms with Crippen molar-refractivity contribution in [1.82, 2.24) is 4.90 Å². The van der Waals surface area contributed by atoms with E-state index in [1.807, 2.05) is 25.9 Å². The van der Waals surface area contributed by atoms with E-state index in [2.05, 4.69) is 5.32 Å². The van der Waals surface area contributed by atoms with E-state index in [4.69, 9.17) is 33.2 Å². The molecule has 3 heterocycles. The number of rotatable bonds is 7. The number of amides is 1. The van der Waals surface area contributed by atoms with Crippen LogP contribution in [0, 0.1) is 35.3 Å². The first-order valence-corrected chi connectivity index (χ1v) is 18.4. The van der Waals surface area contributed by atoms with Crippen molar-refractivity contribution in [3.8, 4) is 0 Å². The molecule has 0 aromatic heterocycles. The number of likely N-dealkylation sites (N-methyl/N-ethyl adjacent to an activating group) is 1. The van der Waals surface area contributed by atoms with E-state index in [0.717, 1.165) is 12.1 Å². The fourth-order valence-corrected chi connectivity index (χ4v) is 8.25. The summed E-state index contributed by atoms with van der Waals surface area (Å²) in [5, 5.41) is 13.8. The van der Waals surface area contributed by atoms with Crippen LogP contribution in [-0.4, -0.2) is 115 Å². The minimum atomic E-state index is -1.57. The highest BCUT2D eigenvalue weighted by Gasteiger charge is 2.59. The van der Waals surface area contributed by atoms with Crippen LogP contribution in [0.1, 0.15) is 74.7 Å². The van der Waals surface area contributed by atoms with E-state index < -0.39 is 102 Å². The van der Waals surface area contributed by atoms with Gasteiger partial charge in [0.25, 0.3) is 0 Å². The number of fused-ring (bicyclic) bond motifs is 1. The number of aliphatic hydroxyl groups excluding tert-OH is 1. The molecule has 0 saturated carbocycles. The van der Waals surface area contributed by atoms with Gasteiger partial charge >= 0.3 is 18.2 Å². The Morgan fingerprint density at radius 2 is 1.72 bits per heavy atom. The SMILES string of the molecule is CC[C@H]1OC(=O)[C@H](C)[C@@H](OC(=O)Nc2ccc(F)cc2F)[C@H](C)[C@@H](O[C@@H]2O[C@H](C)C[C@H](N(C)C)[C@H]2O)[C@](C)(OC)C[C@@H](C)C(=O)[C@H](C)[C@H]2OC(=O)O[C@@]21C. The quantitative estimate of drug-likeness (QED) is 0.274. The first kappa shape index (κ1) is 43.3. The number of carbonyl (C=O) groups is 4. The highest BCUT2D eigenvalue weighted by molar-refractivity contribution is 5.86. The summed E-state index contributed by atoms with van der Waals surface area (Å²) in [5.74, 6) is -6.96. The standard InChI is InChI=1S/C38H56F2N2O12/c1-12-27-38(8)32(53-36(47)54-38)20(4)28(43)18(2)17-37(7,48-11)31(52-34-29(44)26(42(9)10)15-19(3)49-34)21(5)30(22(6)33(45)50-27)51-35(46)41-25-14-13-23(39)16-24(25)40/h13-14,16,18-22,26-27,29-32,34,44H,12,15,17H2,1-11H3,(H,41,46)/t18-,19-,20+,21+,22-,26+,27-,29-,30+,31-,32-,34+,37-,38-/m1/s1. The summed E-state index contributed by atoms with van der Waals surface area (Å²) in [7, 11) is 5.06. The lowest BCUT2D eigenvalue weighted by Gasteiger charge is -2.48. The van der Waals surface area contributed by atoms with Crippen LogP contribution in [0.15, 0.2) is 18.2 Å². The number of benzene rings is 1. The molecule has 0 spiro atoms. The molecule has 3 aliphatic rings. The molecule has 3 fully saturated rings. The van der Waals surface area contributed by atoms with Gasteiger partial charge in [-0.05, 0) is 73.2 Å². The third-order valence-corrected chi connectivity index (χ3v) is 11.4. The second-order valence-electron chi connectivity index (χ2n) is 15.6. The zero-order valence-corrected chi connectivity index (χ0v) is 32.9. The molecule has 4 rings (SSSR count). The van der Waals surface area contributed by atoms with E-state index in [0.29, 0.717) is 12.5 Å². The van der Waals surface area contributed by atoms with E-state index in [1.165, 1.54) is 21.0 Å². The Labute approximate surface area is 315 Å². The lowest BCUT2D eigenvalue weighted by molar-refractivity contribution is -0.301. The normalized spacial score (nSPS) is 39.5. The van der Waals surface area contributed by atoms with Gasteiger partial charge in [-0.2, -0.15) is 0 Å². The number of ether oxygens (including phenoxy) is 7. The Balaban J connectivity index is 1.85. The summed E-state index contributed by atoms with van der Waals surface area (Å²) >= 11 is 0. The molecule has 1 aromatic rings. The van der Waals surface area contributed by atoms with Gasteiger partial charge < -0.3 is 43.2 Å². The van der Waals surface area contributed by atoms with Crippen LogP contribution >= 0.6 is 0 Å². The van der Waals surface area contributed by atoms with Crippen molar-refractivity contribution in [2.45, 2.75) is 135 Å². The average molecular weight is 771 g/mol. The smallest absolute Gasteiger partial charge is 0.458 e. The molecule has 0 bridgehead atoms. The maximum atomic E-state index is 14.6. The first-order valence-electron chi connectivity index (χ1n) is 18.4. The number of cyclic esters (lactones) is 1. The monoisotopic (exact) mass is 770 g/mol. The number of hydrogen-bond acceptors (Lipinski definition) is 13. The number of Topliss-reactive ketones (excluding diaryl/α,β-unsaturated/α-hetero) is 1. The summed E-state index contributed by atoms with van der Waals surface area (Å²) in [6.07, 6.45) is -9.03. The topological polar surface area (TPSA) is 168 Å². The van der Waals surface area contributed by atoms with E-state index in [1.54, 1.807) is 34.6 Å². The molecular weight excluding hydrogens is 714 g/mol. The van der Waals surface area contributed by atoms with Gasteiger partial charge in [0, 0.05) is 31.1 Å². The second-order valence-corrected chi connectivity index (χ2v) is 15.6. The van der Waals surface area contributed by atoms with Crippen molar-refractivity contribution in [3.63, 3.8) is 0 Å². The van der Waals surface area contributed by atoms with Gasteiger partial charge in [0.1, 0.15) is 35.7 Å². The Kier molecular flexibility index (Phi) is 13.7. The van der Waals surface area contributed by atoms with Gasteiger partial charge in [-0.15, -0.1) is 0 Å². The summed E-state index contributed by atoms with van der Waals surface area (Å²) in [5.41, 5.74) is -3.33. The highest BCUT2D eigenvalue weighted by atomic mass is 19.1. The van der Waals surface area contributed by atoms with E-state index >= 15 is 0 Å². The lowest BCUT2D eigenvalue weighted by atomic mass is 9.74. The van der Waals surface area contributed by atoms with Crippen molar-refractivity contribution >= 4 is 29.7 Å². The second kappa shape index (κ2) is 17.1. The molecule has 3 saturated heterocycles. The number of ketones is 1. The summed E-state index contributed by atoms with van der Waals surface area (Å²) in [6.45, 7) is 13.2. The van der Waals surface area contributed by atoms with Gasteiger partial charge in [0.2, 0.25) is 0 Å². The molecule has 16 heteroatoms. The number of nitrogens with one attached hydrogen (secondary N) is 1. The third-order valence-electron chi connectivity index (χ3n) is 11.4. The predicted molar refractivity (Wildman–Crippen MR) is 189 cm³/mol. The third kappa shape index (κ3) is 8.99. The van der Waals surface area contributed by atoms with Crippen molar-refractivity contribution in [2.75, 3.05) is 26.5 Å². The molecule has 0 aliphatic carbocycles. The largest absolute Gasteiger partial charge is 0.509 e. The Morgan fingerprint density at radius 1 is 1.06 bits per heavy atom. The highest BCUT2D eigenvalue weighted by Crippen LogP contribution is 2.43. The fourth-order valence-electron chi connectivity index (χ4n) is 8.25. The zero-order valence-electron chi connectivity index (χ0n) is 32.9. The summed E-state index contributed by atoms with van der Waals surface area (Å²) in [4.78, 5) is 56.3. The maximum absolute atomic E-state index is 14.6. The van der Waals surface area contributed by atoms with Gasteiger partial charge in [0.05, 0.1) is 35.3 Å². The Bertz CT molecular complexity index is 1530. The fraction of sp³-hybridized carbons (Fsp3) is 0.737. The Morgan fingerprint density at radius 3 is 2.31 bits per heavy atom. The van der Waals surface area contributed by atoms with Crippen molar-refractivity contribution in [1.29, 1.82) is 0 Å². The van der Waals surface area contributed by atoms with Gasteiger partial charge in [0.15, 0.2) is 18.0 Å². The number of carbonyl (C=O) groups excluding carboxylic acids is 4. The van der Waals surface area contributed by atoms with Crippen LogP contribution < -0.4 is 5.32 Å². The van der Waals surface area contributed by atoms with E-state index in [-0.39, 0.29) is 36.5 Å². The Hall–Kier alpha value is -3.44. The molecule has 0 radical (unpaired) electrons. The molecular formula is C38H56F2N2O12. The maximum Gasteiger partial charge on any atom is 0.509 e. The van der Waals surface area contributed by atoms with Crippen LogP contribution in [0.3, 0.4) is 0 Å². The van der Waals surface area contributed by atoms with Gasteiger partial charge in [-0.1, -0.05) is 27.7 Å². The first-order chi connectivity index (χ1) is 25.2. The van der Waals surface area contributed by atoms with Crippen LogP contribution in [0.5, 0.6) is 0 Å². The molecule has 304 valence electrons.